The number of rotatable bonds is 8. The second-order valence-electron chi connectivity index (χ2n) is 23.3. The topological polar surface area (TPSA) is 0 Å². The van der Waals surface area contributed by atoms with E-state index in [0.717, 1.165) is 49.4 Å². The first kappa shape index (κ1) is 71.9. The van der Waals surface area contributed by atoms with Gasteiger partial charge in [-0.2, -0.15) is 0 Å². The van der Waals surface area contributed by atoms with Crippen LogP contribution in [0.4, 0.5) is 0 Å². The zero-order chi connectivity index (χ0) is 60.7. The van der Waals surface area contributed by atoms with Crippen LogP contribution in [0.2, 0.25) is 0 Å². The van der Waals surface area contributed by atoms with Gasteiger partial charge in [-0.15, -0.1) is 0 Å². The van der Waals surface area contributed by atoms with Crippen LogP contribution in [-0.4, -0.2) is 0 Å². The Morgan fingerprint density at radius 2 is 0.524 bits per heavy atom. The van der Waals surface area contributed by atoms with Crippen molar-refractivity contribution in [3.63, 3.8) is 0 Å². The van der Waals surface area contributed by atoms with Crippen molar-refractivity contribution in [1.82, 2.24) is 0 Å². The Labute approximate surface area is 505 Å². The average molecular weight is 1100 g/mol. The minimum Gasteiger partial charge on any atom is -0.0854 e. The standard InChI is InChI=1S/C12H12.2C10H14.4C9H12.C7H14.C7H12/c1-9-5-3-7-11-8-4-6-10(2)12(9)11;2*1-3-6-10-8-5-4-7-9(10)2;4*1-3-9-7-5-4-6-8(9)2;2*1-6-3-4-7(2)5-6/h3-8H,1-2H3;2*4-5,7-8H,3,6H2,1-2H3;4*4-7H,3H2,1-2H3;6-7H,3-5H2,1-2H3;3-4,6-7H,5H2,1-2H3. The number of hydrogen-bond acceptors (Lipinski definition) is 0. The van der Waals surface area contributed by atoms with E-state index in [1.165, 1.54) is 140 Å². The van der Waals surface area contributed by atoms with Gasteiger partial charge in [-0.25, -0.2) is 0 Å². The van der Waals surface area contributed by atoms with Crippen LogP contribution in [0, 0.1) is 79.1 Å². The van der Waals surface area contributed by atoms with Crippen LogP contribution in [0.3, 0.4) is 0 Å². The Morgan fingerprint density at radius 3 is 0.695 bits per heavy atom. The van der Waals surface area contributed by atoms with Crippen LogP contribution in [0.15, 0.2) is 194 Å². The van der Waals surface area contributed by atoms with Gasteiger partial charge in [-0.1, -0.05) is 289 Å². The minimum atomic E-state index is 0.843. The first-order valence-corrected chi connectivity index (χ1v) is 31.8. The molecule has 0 spiro atoms. The van der Waals surface area contributed by atoms with Gasteiger partial charge in [0.1, 0.15) is 0 Å². The van der Waals surface area contributed by atoms with Crippen molar-refractivity contribution in [2.45, 2.75) is 202 Å². The number of aryl methyl sites for hydroxylation is 14. The van der Waals surface area contributed by atoms with E-state index in [9.17, 15) is 0 Å². The Morgan fingerprint density at radius 1 is 0.280 bits per heavy atom. The molecule has 1 saturated carbocycles. The van der Waals surface area contributed by atoms with Gasteiger partial charge in [0.2, 0.25) is 0 Å². The van der Waals surface area contributed by atoms with Crippen LogP contribution in [0.1, 0.15) is 186 Å². The van der Waals surface area contributed by atoms with Crippen molar-refractivity contribution in [1.29, 1.82) is 0 Å². The summed E-state index contributed by atoms with van der Waals surface area (Å²) in [4.78, 5) is 0. The summed E-state index contributed by atoms with van der Waals surface area (Å²) in [7, 11) is 0. The van der Waals surface area contributed by atoms with Crippen molar-refractivity contribution in [2.24, 2.45) is 23.7 Å². The Hall–Kier alpha value is -6.24. The van der Waals surface area contributed by atoms with E-state index >= 15 is 0 Å². The lowest BCUT2D eigenvalue weighted by atomic mass is 10.0. The van der Waals surface area contributed by atoms with E-state index in [0.29, 0.717) is 0 Å². The molecule has 2 aliphatic carbocycles. The highest BCUT2D eigenvalue weighted by atomic mass is 14.2. The highest BCUT2D eigenvalue weighted by molar-refractivity contribution is 5.88. The average Bonchev–Trinajstić information content (AvgIpc) is 4.08. The molecule has 0 aliphatic heterocycles. The molecule has 82 heavy (non-hydrogen) atoms. The molecule has 0 aromatic heterocycles. The largest absolute Gasteiger partial charge is 0.0854 e. The summed E-state index contributed by atoms with van der Waals surface area (Å²) in [6.07, 6.45) is 19.9. The summed E-state index contributed by atoms with van der Waals surface area (Å²) < 4.78 is 0. The summed E-state index contributed by atoms with van der Waals surface area (Å²) in [5.41, 5.74) is 20.0. The highest BCUT2D eigenvalue weighted by Crippen LogP contribution is 2.29. The Balaban J connectivity index is 0.000000316. The molecular weight excluding hydrogens is 985 g/mol. The lowest BCUT2D eigenvalue weighted by Gasteiger charge is -2.04. The predicted molar refractivity (Wildman–Crippen MR) is 370 cm³/mol. The molecule has 2 aliphatic rings. The monoisotopic (exact) mass is 1100 g/mol. The quantitative estimate of drug-likeness (QED) is 0.133. The van der Waals surface area contributed by atoms with Gasteiger partial charge in [-0.05, 0) is 219 Å². The molecule has 0 N–H and O–H groups in total. The van der Waals surface area contributed by atoms with Gasteiger partial charge >= 0.3 is 0 Å². The summed E-state index contributed by atoms with van der Waals surface area (Å²) in [5, 5.41) is 2.75. The van der Waals surface area contributed by atoms with Crippen molar-refractivity contribution in [3.05, 3.63) is 272 Å². The van der Waals surface area contributed by atoms with Crippen molar-refractivity contribution in [2.75, 3.05) is 0 Å². The van der Waals surface area contributed by atoms with Gasteiger partial charge in [0.25, 0.3) is 0 Å². The zero-order valence-corrected chi connectivity index (χ0v) is 55.3. The zero-order valence-electron chi connectivity index (χ0n) is 55.3. The van der Waals surface area contributed by atoms with Crippen LogP contribution in [0.5, 0.6) is 0 Å². The molecule has 8 aromatic carbocycles. The second-order valence-corrected chi connectivity index (χ2v) is 23.3. The van der Waals surface area contributed by atoms with Crippen molar-refractivity contribution >= 4 is 10.8 Å². The third-order valence-electron chi connectivity index (χ3n) is 15.9. The lowest BCUT2D eigenvalue weighted by Crippen LogP contribution is -1.86. The van der Waals surface area contributed by atoms with Gasteiger partial charge in [0.15, 0.2) is 0 Å². The maximum absolute atomic E-state index is 2.35. The van der Waals surface area contributed by atoms with Crippen LogP contribution in [0.25, 0.3) is 10.8 Å². The number of hydrogen-bond donors (Lipinski definition) is 0. The molecule has 0 heteroatoms. The summed E-state index contributed by atoms with van der Waals surface area (Å²) in [6.45, 7) is 39.7. The van der Waals surface area contributed by atoms with Gasteiger partial charge < -0.3 is 0 Å². The van der Waals surface area contributed by atoms with Gasteiger partial charge in [0, 0.05) is 0 Å². The van der Waals surface area contributed by atoms with E-state index in [-0.39, 0.29) is 0 Å². The fourth-order valence-corrected chi connectivity index (χ4v) is 10.7. The molecular formula is C82H114. The van der Waals surface area contributed by atoms with Crippen LogP contribution in [-0.2, 0) is 38.5 Å². The molecule has 10 rings (SSSR count). The van der Waals surface area contributed by atoms with E-state index in [1.54, 1.807) is 0 Å². The molecule has 442 valence electrons. The molecule has 4 unspecified atom stereocenters. The maximum Gasteiger partial charge on any atom is -0.0125 e. The normalized spacial score (nSPS) is 15.1. The summed E-state index contributed by atoms with van der Waals surface area (Å²) in [6, 6.07) is 64.0. The third-order valence-corrected chi connectivity index (χ3v) is 15.9. The van der Waals surface area contributed by atoms with Crippen LogP contribution < -0.4 is 0 Å². The number of benzene rings is 8. The number of allylic oxidation sites excluding steroid dienone is 2. The fourth-order valence-electron chi connectivity index (χ4n) is 10.7. The van der Waals surface area contributed by atoms with E-state index in [1.807, 2.05) is 0 Å². The molecule has 0 saturated heterocycles. The highest BCUT2D eigenvalue weighted by Gasteiger charge is 2.16. The lowest BCUT2D eigenvalue weighted by molar-refractivity contribution is 0.555. The molecule has 8 aromatic rings. The smallest absolute Gasteiger partial charge is 0.0125 e. The predicted octanol–water partition coefficient (Wildman–Crippen LogP) is 24.2. The fraction of sp³-hybridized carbons (Fsp3) is 0.415. The first-order chi connectivity index (χ1) is 39.4. The minimum absolute atomic E-state index is 0.843. The molecule has 4 atom stereocenters. The van der Waals surface area contributed by atoms with E-state index < -0.39 is 0 Å². The van der Waals surface area contributed by atoms with Crippen LogP contribution >= 0.6 is 0 Å². The second kappa shape index (κ2) is 42.6. The number of fused-ring (bicyclic) bond motifs is 1. The first-order valence-electron chi connectivity index (χ1n) is 31.8. The van der Waals surface area contributed by atoms with E-state index in [2.05, 4.69) is 319 Å². The SMILES string of the molecule is CC1C=CC(C)C1.CC1CCC(C)C1.CCCc1ccccc1C.CCCc1ccccc1C.CCc1ccccc1C.CCc1ccccc1C.CCc1ccccc1C.CCc1ccccc1C.Cc1cccc2cccc(C)c12. The molecule has 1 fully saturated rings. The molecule has 0 radical (unpaired) electrons. The maximum atomic E-state index is 2.35. The summed E-state index contributed by atoms with van der Waals surface area (Å²) >= 11 is 0. The van der Waals surface area contributed by atoms with Gasteiger partial charge in [-0.3, -0.25) is 0 Å². The van der Waals surface area contributed by atoms with Crippen molar-refractivity contribution in [3.8, 4) is 0 Å². The van der Waals surface area contributed by atoms with E-state index in [4.69, 9.17) is 0 Å². The summed E-state index contributed by atoms with van der Waals surface area (Å²) in [5.74, 6) is 3.73. The molecule has 0 amide bonds. The molecule has 0 heterocycles. The van der Waals surface area contributed by atoms with Crippen molar-refractivity contribution < 1.29 is 0 Å². The third kappa shape index (κ3) is 29.1. The Kier molecular flexibility index (Phi) is 37.3. The molecule has 0 bridgehead atoms. The molecule has 0 nitrogen and oxygen atoms in total. The van der Waals surface area contributed by atoms with Gasteiger partial charge in [0.05, 0.1) is 0 Å². The Bertz CT molecular complexity index is 2660.